The zero-order valence-electron chi connectivity index (χ0n) is 21.3. The van der Waals surface area contributed by atoms with Crippen LogP contribution in [0.5, 0.6) is 0 Å². The van der Waals surface area contributed by atoms with Gasteiger partial charge in [-0.2, -0.15) is 0 Å². The van der Waals surface area contributed by atoms with Gasteiger partial charge in [0.25, 0.3) is 0 Å². The molecular weight excluding hydrogens is 446 g/mol. The first kappa shape index (κ1) is 24.2. The van der Waals surface area contributed by atoms with Gasteiger partial charge >= 0.3 is 5.97 Å². The standard InChI is InChI=1S/C31H35N3O2/c1-3-22-11-15-25(16-12-22)30-29(24-13-9-21(2)10-14-24)32-26-20-27(23-17-18-23)34(31(26)33-30)19-7-5-4-6-8-28(35)36/h9-16,20,23H,3-8,17-19H2,1-2H3,(H,35,36). The van der Waals surface area contributed by atoms with Crippen molar-refractivity contribution in [3.63, 3.8) is 0 Å². The van der Waals surface area contributed by atoms with Crippen LogP contribution in [-0.4, -0.2) is 25.6 Å². The van der Waals surface area contributed by atoms with Gasteiger partial charge in [-0.05, 0) is 56.6 Å². The molecule has 1 aliphatic rings. The zero-order chi connectivity index (χ0) is 25.1. The van der Waals surface area contributed by atoms with E-state index in [0.29, 0.717) is 5.92 Å². The predicted molar refractivity (Wildman–Crippen MR) is 145 cm³/mol. The van der Waals surface area contributed by atoms with Gasteiger partial charge in [0, 0.05) is 29.8 Å². The van der Waals surface area contributed by atoms with Crippen LogP contribution in [0.1, 0.15) is 74.6 Å². The number of rotatable bonds is 11. The van der Waals surface area contributed by atoms with Crippen molar-refractivity contribution < 1.29 is 9.90 Å². The average Bonchev–Trinajstić information content (AvgIpc) is 3.67. The Balaban J connectivity index is 1.54. The third kappa shape index (κ3) is 5.35. The van der Waals surface area contributed by atoms with E-state index in [4.69, 9.17) is 15.1 Å². The van der Waals surface area contributed by atoms with E-state index in [1.54, 1.807) is 0 Å². The van der Waals surface area contributed by atoms with E-state index in [9.17, 15) is 4.79 Å². The summed E-state index contributed by atoms with van der Waals surface area (Å²) >= 11 is 0. The first-order chi connectivity index (χ1) is 17.5. The number of unbranched alkanes of at least 4 members (excludes halogenated alkanes) is 3. The quantitative estimate of drug-likeness (QED) is 0.225. The lowest BCUT2D eigenvalue weighted by Gasteiger charge is -2.13. The maximum absolute atomic E-state index is 10.8. The van der Waals surface area contributed by atoms with E-state index < -0.39 is 5.97 Å². The zero-order valence-corrected chi connectivity index (χ0v) is 21.3. The minimum Gasteiger partial charge on any atom is -0.481 e. The molecule has 0 unspecified atom stereocenters. The predicted octanol–water partition coefficient (Wildman–Crippen LogP) is 7.55. The molecule has 4 aromatic rings. The van der Waals surface area contributed by atoms with Crippen LogP contribution in [-0.2, 0) is 17.8 Å². The van der Waals surface area contributed by atoms with Crippen molar-refractivity contribution in [3.8, 4) is 22.5 Å². The summed E-state index contributed by atoms with van der Waals surface area (Å²) in [5.41, 5.74) is 9.86. The number of hydrogen-bond donors (Lipinski definition) is 1. The second-order valence-corrected chi connectivity index (χ2v) is 10.1. The van der Waals surface area contributed by atoms with Gasteiger partial charge in [-0.15, -0.1) is 0 Å². The maximum atomic E-state index is 10.8. The molecular formula is C31H35N3O2. The summed E-state index contributed by atoms with van der Waals surface area (Å²) < 4.78 is 2.39. The Bertz CT molecular complexity index is 1350. The fourth-order valence-corrected chi connectivity index (χ4v) is 4.94. The summed E-state index contributed by atoms with van der Waals surface area (Å²) in [6.07, 6.45) is 7.46. The van der Waals surface area contributed by atoms with Crippen LogP contribution in [0.4, 0.5) is 0 Å². The number of nitrogens with zero attached hydrogens (tertiary/aromatic N) is 3. The summed E-state index contributed by atoms with van der Waals surface area (Å²) in [5, 5.41) is 8.89. The minimum absolute atomic E-state index is 0.257. The largest absolute Gasteiger partial charge is 0.481 e. The monoisotopic (exact) mass is 481 g/mol. The molecule has 0 atom stereocenters. The average molecular weight is 482 g/mol. The molecule has 2 heterocycles. The molecule has 0 aliphatic heterocycles. The molecule has 1 fully saturated rings. The summed E-state index contributed by atoms with van der Waals surface area (Å²) in [7, 11) is 0. The van der Waals surface area contributed by atoms with Crippen LogP contribution in [0.2, 0.25) is 0 Å². The molecule has 5 nitrogen and oxygen atoms in total. The van der Waals surface area contributed by atoms with Gasteiger partial charge in [0.1, 0.15) is 5.52 Å². The van der Waals surface area contributed by atoms with E-state index in [0.717, 1.165) is 72.3 Å². The third-order valence-corrected chi connectivity index (χ3v) is 7.23. The summed E-state index contributed by atoms with van der Waals surface area (Å²) in [6, 6.07) is 19.5. The van der Waals surface area contributed by atoms with E-state index in [2.05, 4.69) is 73.0 Å². The summed E-state index contributed by atoms with van der Waals surface area (Å²) in [5.74, 6) is -0.107. The lowest BCUT2D eigenvalue weighted by Crippen LogP contribution is -2.05. The van der Waals surface area contributed by atoms with Gasteiger partial charge in [0.15, 0.2) is 5.65 Å². The Hall–Kier alpha value is -3.47. The first-order valence-electron chi connectivity index (χ1n) is 13.3. The number of aromatic nitrogens is 3. The number of carbonyl (C=O) groups is 1. The number of carboxylic acid groups (broad SMARTS) is 1. The molecule has 0 spiro atoms. The van der Waals surface area contributed by atoms with Crippen LogP contribution in [0.3, 0.4) is 0 Å². The number of benzene rings is 2. The molecule has 0 saturated heterocycles. The minimum atomic E-state index is -0.707. The molecule has 1 aliphatic carbocycles. The van der Waals surface area contributed by atoms with Gasteiger partial charge in [0.2, 0.25) is 0 Å². The van der Waals surface area contributed by atoms with E-state index in [-0.39, 0.29) is 6.42 Å². The normalized spacial score (nSPS) is 13.4. The summed E-state index contributed by atoms with van der Waals surface area (Å²) in [6.45, 7) is 5.18. The van der Waals surface area contributed by atoms with Crippen LogP contribution in [0, 0.1) is 6.92 Å². The lowest BCUT2D eigenvalue weighted by molar-refractivity contribution is -0.137. The van der Waals surface area contributed by atoms with Crippen LogP contribution < -0.4 is 0 Å². The van der Waals surface area contributed by atoms with E-state index >= 15 is 0 Å². The molecule has 1 saturated carbocycles. The van der Waals surface area contributed by atoms with Crippen molar-refractivity contribution in [3.05, 3.63) is 71.4 Å². The Labute approximate surface area is 213 Å². The van der Waals surface area contributed by atoms with Gasteiger partial charge in [-0.25, -0.2) is 9.97 Å². The Morgan fingerprint density at radius 1 is 0.917 bits per heavy atom. The third-order valence-electron chi connectivity index (χ3n) is 7.23. The smallest absolute Gasteiger partial charge is 0.303 e. The fourth-order valence-electron chi connectivity index (χ4n) is 4.94. The van der Waals surface area contributed by atoms with Crippen LogP contribution in [0.15, 0.2) is 54.6 Å². The molecule has 186 valence electrons. The number of aryl methyl sites for hydroxylation is 3. The number of aliphatic carboxylic acids is 1. The van der Waals surface area contributed by atoms with E-state index in [1.807, 2.05) is 0 Å². The van der Waals surface area contributed by atoms with Crippen molar-refractivity contribution in [2.24, 2.45) is 0 Å². The highest BCUT2D eigenvalue weighted by atomic mass is 16.4. The maximum Gasteiger partial charge on any atom is 0.303 e. The SMILES string of the molecule is CCc1ccc(-c2nc3c(cc(C4CC4)n3CCCCCCC(=O)O)nc2-c2ccc(C)cc2)cc1. The van der Waals surface area contributed by atoms with Crippen molar-refractivity contribution in [2.45, 2.75) is 77.7 Å². The van der Waals surface area contributed by atoms with Crippen molar-refractivity contribution in [2.75, 3.05) is 0 Å². The van der Waals surface area contributed by atoms with Crippen molar-refractivity contribution in [1.82, 2.24) is 14.5 Å². The molecule has 1 N–H and O–H groups in total. The molecule has 5 rings (SSSR count). The molecule has 0 amide bonds. The number of carboxylic acids is 1. The summed E-state index contributed by atoms with van der Waals surface area (Å²) in [4.78, 5) is 21.3. The molecule has 0 bridgehead atoms. The Morgan fingerprint density at radius 3 is 2.19 bits per heavy atom. The highest BCUT2D eigenvalue weighted by Gasteiger charge is 2.29. The van der Waals surface area contributed by atoms with Crippen LogP contribution in [0.25, 0.3) is 33.7 Å². The van der Waals surface area contributed by atoms with Gasteiger partial charge in [-0.3, -0.25) is 4.79 Å². The second kappa shape index (κ2) is 10.7. The van der Waals surface area contributed by atoms with Crippen molar-refractivity contribution >= 4 is 17.1 Å². The van der Waals surface area contributed by atoms with E-state index in [1.165, 1.54) is 29.7 Å². The molecule has 0 radical (unpaired) electrons. The van der Waals surface area contributed by atoms with Gasteiger partial charge < -0.3 is 9.67 Å². The first-order valence-corrected chi connectivity index (χ1v) is 13.3. The second-order valence-electron chi connectivity index (χ2n) is 10.1. The van der Waals surface area contributed by atoms with Crippen molar-refractivity contribution in [1.29, 1.82) is 0 Å². The van der Waals surface area contributed by atoms with Crippen LogP contribution >= 0.6 is 0 Å². The molecule has 5 heteroatoms. The Kier molecular flexibility index (Phi) is 7.17. The lowest BCUT2D eigenvalue weighted by atomic mass is 10.0. The highest BCUT2D eigenvalue weighted by Crippen LogP contribution is 2.43. The van der Waals surface area contributed by atoms with Gasteiger partial charge in [-0.1, -0.05) is 73.9 Å². The highest BCUT2D eigenvalue weighted by molar-refractivity contribution is 5.86. The van der Waals surface area contributed by atoms with Gasteiger partial charge in [0.05, 0.1) is 11.4 Å². The number of fused-ring (bicyclic) bond motifs is 1. The molecule has 2 aromatic heterocycles. The molecule has 36 heavy (non-hydrogen) atoms. The fraction of sp³-hybridized carbons (Fsp3) is 0.387. The topological polar surface area (TPSA) is 68.0 Å². The number of hydrogen-bond acceptors (Lipinski definition) is 3. The Morgan fingerprint density at radius 2 is 1.56 bits per heavy atom. The molecule has 2 aromatic carbocycles.